The fourth-order valence-corrected chi connectivity index (χ4v) is 2.63. The highest BCUT2D eigenvalue weighted by atomic mass is 32.2. The van der Waals surface area contributed by atoms with Crippen molar-refractivity contribution in [1.29, 1.82) is 0 Å². The number of furan rings is 1. The molecule has 0 bridgehead atoms. The SMILES string of the molecule is Cc1nn(C)c(SCc2ccco2)c1C(=O)O. The highest BCUT2D eigenvalue weighted by Gasteiger charge is 2.20. The van der Waals surface area contributed by atoms with E-state index in [-0.39, 0.29) is 5.56 Å². The Labute approximate surface area is 102 Å². The third kappa shape index (κ3) is 2.36. The van der Waals surface area contributed by atoms with E-state index < -0.39 is 5.97 Å². The van der Waals surface area contributed by atoms with Crippen LogP contribution in [0.15, 0.2) is 27.8 Å². The van der Waals surface area contributed by atoms with Crippen LogP contribution in [-0.2, 0) is 12.8 Å². The van der Waals surface area contributed by atoms with Gasteiger partial charge in [-0.2, -0.15) is 5.10 Å². The van der Waals surface area contributed by atoms with Crippen LogP contribution in [-0.4, -0.2) is 20.9 Å². The first-order valence-electron chi connectivity index (χ1n) is 5.01. The Morgan fingerprint density at radius 3 is 3.00 bits per heavy atom. The molecule has 0 saturated heterocycles. The van der Waals surface area contributed by atoms with Crippen molar-refractivity contribution in [2.45, 2.75) is 17.7 Å². The molecule has 0 aromatic carbocycles. The van der Waals surface area contributed by atoms with Crippen molar-refractivity contribution in [3.63, 3.8) is 0 Å². The number of rotatable bonds is 4. The van der Waals surface area contributed by atoms with Crippen molar-refractivity contribution in [1.82, 2.24) is 9.78 Å². The summed E-state index contributed by atoms with van der Waals surface area (Å²) in [6, 6.07) is 3.67. The maximum absolute atomic E-state index is 11.1. The topological polar surface area (TPSA) is 68.3 Å². The number of thioether (sulfide) groups is 1. The Morgan fingerprint density at radius 2 is 2.41 bits per heavy atom. The Balaban J connectivity index is 2.23. The number of hydrogen-bond donors (Lipinski definition) is 1. The number of hydrogen-bond acceptors (Lipinski definition) is 4. The number of aromatic nitrogens is 2. The van der Waals surface area contributed by atoms with Gasteiger partial charge in [0, 0.05) is 7.05 Å². The van der Waals surface area contributed by atoms with Gasteiger partial charge >= 0.3 is 5.97 Å². The van der Waals surface area contributed by atoms with Crippen LogP contribution in [0.2, 0.25) is 0 Å². The molecule has 90 valence electrons. The normalized spacial score (nSPS) is 10.7. The molecule has 2 aromatic rings. The molecule has 6 heteroatoms. The summed E-state index contributed by atoms with van der Waals surface area (Å²) in [5, 5.41) is 13.9. The van der Waals surface area contributed by atoms with Crippen LogP contribution in [0.1, 0.15) is 21.8 Å². The molecular weight excluding hydrogens is 240 g/mol. The number of carboxylic acid groups (broad SMARTS) is 1. The van der Waals surface area contributed by atoms with Gasteiger partial charge in [-0.1, -0.05) is 11.8 Å². The van der Waals surface area contributed by atoms with Crippen molar-refractivity contribution in [2.75, 3.05) is 0 Å². The maximum atomic E-state index is 11.1. The Bertz CT molecular complexity index is 531. The molecule has 0 amide bonds. The van der Waals surface area contributed by atoms with Gasteiger partial charge in [-0.05, 0) is 19.1 Å². The average Bonchev–Trinajstić information content (AvgIpc) is 2.83. The number of aromatic carboxylic acids is 1. The average molecular weight is 252 g/mol. The minimum Gasteiger partial charge on any atom is -0.478 e. The zero-order valence-corrected chi connectivity index (χ0v) is 10.3. The minimum absolute atomic E-state index is 0.268. The minimum atomic E-state index is -0.947. The van der Waals surface area contributed by atoms with Crippen LogP contribution in [0, 0.1) is 6.92 Å². The molecule has 0 aliphatic carbocycles. The zero-order valence-electron chi connectivity index (χ0n) is 9.51. The van der Waals surface area contributed by atoms with Crippen molar-refractivity contribution in [2.24, 2.45) is 7.05 Å². The monoisotopic (exact) mass is 252 g/mol. The molecule has 0 aliphatic rings. The fraction of sp³-hybridized carbons (Fsp3) is 0.273. The van der Waals surface area contributed by atoms with Gasteiger partial charge < -0.3 is 9.52 Å². The Kier molecular flexibility index (Phi) is 3.23. The lowest BCUT2D eigenvalue weighted by Crippen LogP contribution is -2.00. The lowest BCUT2D eigenvalue weighted by molar-refractivity contribution is 0.0692. The molecule has 5 nitrogen and oxygen atoms in total. The van der Waals surface area contributed by atoms with Crippen LogP contribution in [0.25, 0.3) is 0 Å². The second kappa shape index (κ2) is 4.67. The van der Waals surface area contributed by atoms with E-state index in [2.05, 4.69) is 5.10 Å². The van der Waals surface area contributed by atoms with Crippen LogP contribution >= 0.6 is 11.8 Å². The molecule has 2 rings (SSSR count). The van der Waals surface area contributed by atoms with E-state index in [1.165, 1.54) is 11.8 Å². The first-order valence-corrected chi connectivity index (χ1v) is 6.00. The van der Waals surface area contributed by atoms with E-state index in [0.717, 1.165) is 5.76 Å². The summed E-state index contributed by atoms with van der Waals surface area (Å²) in [6.07, 6.45) is 1.60. The Morgan fingerprint density at radius 1 is 1.65 bits per heavy atom. The molecular formula is C11H12N2O3S. The maximum Gasteiger partial charge on any atom is 0.340 e. The van der Waals surface area contributed by atoms with Crippen LogP contribution in [0.3, 0.4) is 0 Å². The van der Waals surface area contributed by atoms with E-state index in [9.17, 15) is 4.79 Å². The number of carbonyl (C=O) groups is 1. The molecule has 0 aliphatic heterocycles. The summed E-state index contributed by atoms with van der Waals surface area (Å²) >= 11 is 1.41. The van der Waals surface area contributed by atoms with E-state index in [0.29, 0.717) is 16.5 Å². The molecule has 0 atom stereocenters. The summed E-state index contributed by atoms with van der Waals surface area (Å²) in [6.45, 7) is 1.69. The van der Waals surface area contributed by atoms with E-state index in [1.807, 2.05) is 12.1 Å². The fourth-order valence-electron chi connectivity index (χ4n) is 1.58. The molecule has 2 heterocycles. The van der Waals surface area contributed by atoms with Crippen LogP contribution < -0.4 is 0 Å². The largest absolute Gasteiger partial charge is 0.478 e. The molecule has 17 heavy (non-hydrogen) atoms. The van der Waals surface area contributed by atoms with Crippen molar-refractivity contribution < 1.29 is 14.3 Å². The van der Waals surface area contributed by atoms with E-state index in [4.69, 9.17) is 9.52 Å². The summed E-state index contributed by atoms with van der Waals surface area (Å²) in [4.78, 5) is 11.1. The molecule has 0 radical (unpaired) electrons. The Hall–Kier alpha value is -1.69. The van der Waals surface area contributed by atoms with Crippen molar-refractivity contribution >= 4 is 17.7 Å². The second-order valence-corrected chi connectivity index (χ2v) is 4.53. The lowest BCUT2D eigenvalue weighted by Gasteiger charge is -2.01. The van der Waals surface area contributed by atoms with Gasteiger partial charge in [0.05, 0.1) is 17.7 Å². The summed E-state index contributed by atoms with van der Waals surface area (Å²) in [5.74, 6) is 0.453. The quantitative estimate of drug-likeness (QED) is 0.846. The van der Waals surface area contributed by atoms with Crippen molar-refractivity contribution in [3.05, 3.63) is 35.4 Å². The molecule has 0 fully saturated rings. The number of aryl methyl sites for hydroxylation is 2. The summed E-state index contributed by atoms with van der Waals surface area (Å²) < 4.78 is 6.79. The number of carboxylic acids is 1. The molecule has 2 aromatic heterocycles. The van der Waals surface area contributed by atoms with Crippen LogP contribution in [0.5, 0.6) is 0 Å². The zero-order chi connectivity index (χ0) is 12.4. The van der Waals surface area contributed by atoms with Gasteiger partial charge in [0.2, 0.25) is 0 Å². The predicted octanol–water partition coefficient (Wildman–Crippen LogP) is 2.31. The molecule has 0 unspecified atom stereocenters. The summed E-state index contributed by atoms with van der Waals surface area (Å²) in [5.41, 5.74) is 0.797. The van der Waals surface area contributed by atoms with Gasteiger partial charge in [-0.3, -0.25) is 4.68 Å². The third-order valence-electron chi connectivity index (χ3n) is 2.31. The van der Waals surface area contributed by atoms with E-state index in [1.54, 1.807) is 24.9 Å². The van der Waals surface area contributed by atoms with Gasteiger partial charge in [-0.15, -0.1) is 0 Å². The predicted molar refractivity (Wildman–Crippen MR) is 63.2 cm³/mol. The van der Waals surface area contributed by atoms with E-state index >= 15 is 0 Å². The van der Waals surface area contributed by atoms with Gasteiger partial charge in [0.1, 0.15) is 16.3 Å². The highest BCUT2D eigenvalue weighted by molar-refractivity contribution is 7.98. The molecule has 0 spiro atoms. The lowest BCUT2D eigenvalue weighted by atomic mass is 10.3. The second-order valence-electron chi connectivity index (χ2n) is 3.56. The molecule has 0 saturated carbocycles. The van der Waals surface area contributed by atoms with Crippen LogP contribution in [0.4, 0.5) is 0 Å². The highest BCUT2D eigenvalue weighted by Crippen LogP contribution is 2.27. The number of nitrogens with zero attached hydrogens (tertiary/aromatic N) is 2. The van der Waals surface area contributed by atoms with Gasteiger partial charge in [0.25, 0.3) is 0 Å². The first kappa shape index (κ1) is 11.8. The van der Waals surface area contributed by atoms with Crippen molar-refractivity contribution in [3.8, 4) is 0 Å². The molecule has 1 N–H and O–H groups in total. The van der Waals surface area contributed by atoms with Gasteiger partial charge in [0.15, 0.2) is 0 Å². The summed E-state index contributed by atoms with van der Waals surface area (Å²) in [7, 11) is 1.74. The standard InChI is InChI=1S/C11H12N2O3S/c1-7-9(11(14)15)10(13(2)12-7)17-6-8-4-3-5-16-8/h3-5H,6H2,1-2H3,(H,14,15). The first-order chi connectivity index (χ1) is 8.09. The third-order valence-corrected chi connectivity index (χ3v) is 3.49. The smallest absolute Gasteiger partial charge is 0.340 e. The van der Waals surface area contributed by atoms with Gasteiger partial charge in [-0.25, -0.2) is 4.79 Å².